The standard InChI is InChI=1S/C24H17ClN2O4.ClH/c25-17-8-10-18(11-9-17)27-22(26-21-4-2-1-3-20(21)24(27)30)14-7-16-5-12-19(13-6-16)31-15-23(28)29;/h1-14H,15H2,(H,28,29);1H/b14-7+;. The number of para-hydroxylation sites is 1. The maximum atomic E-state index is 13.2. The molecule has 3 aromatic carbocycles. The summed E-state index contributed by atoms with van der Waals surface area (Å²) in [6, 6.07) is 21.1. The predicted molar refractivity (Wildman–Crippen MR) is 128 cm³/mol. The van der Waals surface area contributed by atoms with Gasteiger partial charge in [-0.2, -0.15) is 0 Å². The van der Waals surface area contributed by atoms with Gasteiger partial charge >= 0.3 is 5.97 Å². The van der Waals surface area contributed by atoms with E-state index in [2.05, 4.69) is 4.98 Å². The third kappa shape index (κ3) is 5.17. The van der Waals surface area contributed by atoms with E-state index in [1.807, 2.05) is 12.1 Å². The number of rotatable bonds is 6. The summed E-state index contributed by atoms with van der Waals surface area (Å²) in [5.41, 5.74) is 1.93. The van der Waals surface area contributed by atoms with Gasteiger partial charge < -0.3 is 9.84 Å². The van der Waals surface area contributed by atoms with E-state index < -0.39 is 12.6 Å². The Morgan fingerprint density at radius 1 is 1.00 bits per heavy atom. The minimum atomic E-state index is -1.04. The minimum absolute atomic E-state index is 0. The summed E-state index contributed by atoms with van der Waals surface area (Å²) in [5.74, 6) is -0.106. The average Bonchev–Trinajstić information content (AvgIpc) is 2.78. The number of hydrogen-bond donors (Lipinski definition) is 1. The third-order valence-electron chi connectivity index (χ3n) is 4.55. The lowest BCUT2D eigenvalue weighted by Gasteiger charge is -2.11. The highest BCUT2D eigenvalue weighted by Crippen LogP contribution is 2.18. The number of carbonyl (C=O) groups is 1. The Labute approximate surface area is 194 Å². The number of fused-ring (bicyclic) bond motifs is 1. The van der Waals surface area contributed by atoms with Gasteiger partial charge in [-0.3, -0.25) is 9.36 Å². The van der Waals surface area contributed by atoms with E-state index >= 15 is 0 Å². The number of halogens is 2. The summed E-state index contributed by atoms with van der Waals surface area (Å²) in [4.78, 5) is 28.5. The lowest BCUT2D eigenvalue weighted by atomic mass is 10.2. The van der Waals surface area contributed by atoms with Gasteiger partial charge in [0.1, 0.15) is 11.6 Å². The zero-order valence-electron chi connectivity index (χ0n) is 16.6. The van der Waals surface area contributed by atoms with Gasteiger partial charge in [0.05, 0.1) is 16.6 Å². The van der Waals surface area contributed by atoms with Crippen LogP contribution in [0.1, 0.15) is 11.4 Å². The molecule has 0 saturated heterocycles. The van der Waals surface area contributed by atoms with Crippen LogP contribution in [0.5, 0.6) is 5.75 Å². The Morgan fingerprint density at radius 3 is 2.38 bits per heavy atom. The maximum absolute atomic E-state index is 13.2. The molecule has 0 spiro atoms. The molecule has 0 aliphatic carbocycles. The first-order valence-electron chi connectivity index (χ1n) is 9.42. The first kappa shape index (κ1) is 23.1. The molecule has 162 valence electrons. The number of carboxylic acid groups (broad SMARTS) is 1. The van der Waals surface area contributed by atoms with Gasteiger partial charge in [-0.15, -0.1) is 12.4 Å². The van der Waals surface area contributed by atoms with E-state index in [9.17, 15) is 9.59 Å². The van der Waals surface area contributed by atoms with Gasteiger partial charge in [-0.25, -0.2) is 9.78 Å². The van der Waals surface area contributed by atoms with Crippen LogP contribution in [0.25, 0.3) is 28.7 Å². The van der Waals surface area contributed by atoms with Crippen molar-refractivity contribution in [3.05, 3.63) is 99.6 Å². The quantitative estimate of drug-likeness (QED) is 0.425. The molecule has 6 nitrogen and oxygen atoms in total. The van der Waals surface area contributed by atoms with Crippen LogP contribution in [-0.2, 0) is 4.79 Å². The van der Waals surface area contributed by atoms with Crippen molar-refractivity contribution >= 4 is 53.0 Å². The van der Waals surface area contributed by atoms with Crippen molar-refractivity contribution in [3.8, 4) is 11.4 Å². The fourth-order valence-corrected chi connectivity index (χ4v) is 3.22. The van der Waals surface area contributed by atoms with Crippen molar-refractivity contribution in [2.75, 3.05) is 6.61 Å². The van der Waals surface area contributed by atoms with Crippen LogP contribution in [0, 0.1) is 0 Å². The van der Waals surface area contributed by atoms with Gasteiger partial charge in [0.15, 0.2) is 6.61 Å². The first-order chi connectivity index (χ1) is 15.0. The normalized spacial score (nSPS) is 10.8. The number of ether oxygens (including phenoxy) is 1. The summed E-state index contributed by atoms with van der Waals surface area (Å²) in [6.07, 6.45) is 3.58. The highest BCUT2D eigenvalue weighted by molar-refractivity contribution is 6.30. The molecule has 0 radical (unpaired) electrons. The van der Waals surface area contributed by atoms with Crippen LogP contribution >= 0.6 is 24.0 Å². The fourth-order valence-electron chi connectivity index (χ4n) is 3.09. The van der Waals surface area contributed by atoms with E-state index in [1.165, 1.54) is 0 Å². The lowest BCUT2D eigenvalue weighted by molar-refractivity contribution is -0.139. The second-order valence-electron chi connectivity index (χ2n) is 6.69. The largest absolute Gasteiger partial charge is 0.482 e. The Kier molecular flexibility index (Phi) is 7.30. The number of benzene rings is 3. The number of aromatic nitrogens is 2. The van der Waals surface area contributed by atoms with Crippen LogP contribution < -0.4 is 10.3 Å². The zero-order valence-corrected chi connectivity index (χ0v) is 18.2. The van der Waals surface area contributed by atoms with Crippen molar-refractivity contribution in [1.82, 2.24) is 9.55 Å². The van der Waals surface area contributed by atoms with Crippen LogP contribution in [0.3, 0.4) is 0 Å². The van der Waals surface area contributed by atoms with E-state index in [0.29, 0.717) is 33.2 Å². The smallest absolute Gasteiger partial charge is 0.341 e. The molecule has 4 aromatic rings. The summed E-state index contributed by atoms with van der Waals surface area (Å²) < 4.78 is 6.68. The summed E-state index contributed by atoms with van der Waals surface area (Å²) in [6.45, 7) is -0.399. The van der Waals surface area contributed by atoms with Gasteiger partial charge in [-0.1, -0.05) is 41.9 Å². The fraction of sp³-hybridized carbons (Fsp3) is 0.0417. The Bertz CT molecular complexity index is 1330. The first-order valence-corrected chi connectivity index (χ1v) is 9.79. The molecule has 0 amide bonds. The molecular weight excluding hydrogens is 451 g/mol. The molecule has 1 N–H and O–H groups in total. The molecule has 0 fully saturated rings. The van der Waals surface area contributed by atoms with Crippen LogP contribution in [-0.4, -0.2) is 27.2 Å². The molecular formula is C24H18Cl2N2O4. The van der Waals surface area contributed by atoms with Crippen molar-refractivity contribution in [2.24, 2.45) is 0 Å². The molecule has 1 heterocycles. The van der Waals surface area contributed by atoms with Crippen molar-refractivity contribution in [3.63, 3.8) is 0 Å². The average molecular weight is 469 g/mol. The van der Waals surface area contributed by atoms with Gasteiger partial charge in [-0.05, 0) is 60.2 Å². The number of carboxylic acids is 1. The number of nitrogens with zero attached hydrogens (tertiary/aromatic N) is 2. The molecule has 0 bridgehead atoms. The SMILES string of the molecule is Cl.O=C(O)COc1ccc(/C=C/c2nc3ccccc3c(=O)n2-c2ccc(Cl)cc2)cc1. The summed E-state index contributed by atoms with van der Waals surface area (Å²) in [7, 11) is 0. The van der Waals surface area contributed by atoms with E-state index in [-0.39, 0.29) is 18.0 Å². The molecule has 4 rings (SSSR count). The van der Waals surface area contributed by atoms with Crippen molar-refractivity contribution < 1.29 is 14.6 Å². The zero-order chi connectivity index (χ0) is 21.8. The lowest BCUT2D eigenvalue weighted by Crippen LogP contribution is -2.22. The summed E-state index contributed by atoms with van der Waals surface area (Å²) in [5, 5.41) is 9.79. The third-order valence-corrected chi connectivity index (χ3v) is 4.81. The summed E-state index contributed by atoms with van der Waals surface area (Å²) >= 11 is 6.01. The predicted octanol–water partition coefficient (Wildman–Crippen LogP) is 5.09. The van der Waals surface area contributed by atoms with Crippen molar-refractivity contribution in [1.29, 1.82) is 0 Å². The number of aliphatic carboxylic acids is 1. The Hall–Kier alpha value is -3.61. The Morgan fingerprint density at radius 2 is 1.69 bits per heavy atom. The molecule has 1 aromatic heterocycles. The molecule has 0 aliphatic heterocycles. The highest BCUT2D eigenvalue weighted by Gasteiger charge is 2.11. The second kappa shape index (κ2) is 10.1. The monoisotopic (exact) mass is 468 g/mol. The second-order valence-corrected chi connectivity index (χ2v) is 7.13. The molecule has 0 aliphatic rings. The topological polar surface area (TPSA) is 81.4 Å². The van der Waals surface area contributed by atoms with Crippen LogP contribution in [0.15, 0.2) is 77.6 Å². The van der Waals surface area contributed by atoms with Crippen molar-refractivity contribution in [2.45, 2.75) is 0 Å². The number of hydrogen-bond acceptors (Lipinski definition) is 4. The van der Waals surface area contributed by atoms with Crippen LogP contribution in [0.4, 0.5) is 0 Å². The van der Waals surface area contributed by atoms with E-state index in [1.54, 1.807) is 77.4 Å². The van der Waals surface area contributed by atoms with E-state index in [4.69, 9.17) is 21.4 Å². The molecule has 0 unspecified atom stereocenters. The molecule has 0 saturated carbocycles. The molecule has 8 heteroatoms. The molecule has 32 heavy (non-hydrogen) atoms. The van der Waals surface area contributed by atoms with E-state index in [0.717, 1.165) is 5.56 Å². The highest BCUT2D eigenvalue weighted by atomic mass is 35.5. The Balaban J connectivity index is 0.00000289. The maximum Gasteiger partial charge on any atom is 0.341 e. The van der Waals surface area contributed by atoms with Gasteiger partial charge in [0, 0.05) is 5.02 Å². The minimum Gasteiger partial charge on any atom is -0.482 e. The van der Waals surface area contributed by atoms with Crippen LogP contribution in [0.2, 0.25) is 5.02 Å². The van der Waals surface area contributed by atoms with Gasteiger partial charge in [0.2, 0.25) is 0 Å². The van der Waals surface area contributed by atoms with Gasteiger partial charge in [0.25, 0.3) is 5.56 Å². The molecule has 0 atom stereocenters.